The summed E-state index contributed by atoms with van der Waals surface area (Å²) in [4.78, 5) is 38.1. The van der Waals surface area contributed by atoms with E-state index in [0.29, 0.717) is 52.2 Å². The molecule has 6 unspecified atom stereocenters. The van der Waals surface area contributed by atoms with Gasteiger partial charge in [-0.1, -0.05) is 328 Å². The van der Waals surface area contributed by atoms with Crippen LogP contribution in [0.5, 0.6) is 0 Å². The Morgan fingerprint density at radius 3 is 0.671 bits per heavy atom. The van der Waals surface area contributed by atoms with Gasteiger partial charge >= 0.3 is 16.8 Å². The molecule has 0 saturated carbocycles. The molecule has 0 aliphatic heterocycles. The molecule has 456 valence electrons. The van der Waals surface area contributed by atoms with Crippen molar-refractivity contribution in [3.63, 3.8) is 0 Å². The Morgan fingerprint density at radius 2 is 0.481 bits per heavy atom. The van der Waals surface area contributed by atoms with Gasteiger partial charge in [0.05, 0.1) is 0 Å². The van der Waals surface area contributed by atoms with Gasteiger partial charge < -0.3 is 28.4 Å². The number of hydrogen-bond donors (Lipinski definition) is 0. The van der Waals surface area contributed by atoms with Gasteiger partial charge in [-0.25, -0.2) is 0 Å². The fourth-order valence-electron chi connectivity index (χ4n) is 10.6. The number of rotatable bonds is 45. The third-order valence-electron chi connectivity index (χ3n) is 16.3. The van der Waals surface area contributed by atoms with Gasteiger partial charge in [0.2, 0.25) is 0 Å². The van der Waals surface area contributed by atoms with Gasteiger partial charge in [-0.2, -0.15) is 0 Å². The smallest absolute Gasteiger partial charge is 0.796 e. The largest absolute Gasteiger partial charge is 3.00 e. The molecule has 0 aromatic heterocycles. The van der Waals surface area contributed by atoms with E-state index in [-0.39, 0.29) is 16.8 Å². The van der Waals surface area contributed by atoms with E-state index >= 15 is 0 Å². The minimum atomic E-state index is -3.48. The maximum Gasteiger partial charge on any atom is 3.00 e. The van der Waals surface area contributed by atoms with E-state index in [0.717, 1.165) is 96.3 Å². The fourth-order valence-corrected chi connectivity index (χ4v) is 16.4. The van der Waals surface area contributed by atoms with Crippen molar-refractivity contribution in [2.24, 2.45) is 17.8 Å². The number of hydrogen-bond acceptors (Lipinski definition) is 6. The summed E-state index contributed by atoms with van der Waals surface area (Å²) in [5, 5.41) is 1.57. The van der Waals surface area contributed by atoms with E-state index in [9.17, 15) is 28.4 Å². The van der Waals surface area contributed by atoms with Crippen molar-refractivity contribution in [2.45, 2.75) is 293 Å². The van der Waals surface area contributed by atoms with Crippen LogP contribution in [0.1, 0.15) is 291 Å². The molecule has 0 N–H and O–H groups in total. The summed E-state index contributed by atoms with van der Waals surface area (Å²) in [6.07, 6.45) is 44.3. The van der Waals surface area contributed by atoms with E-state index < -0.39 is 22.1 Å². The second-order valence-electron chi connectivity index (χ2n) is 23.4. The summed E-state index contributed by atoms with van der Waals surface area (Å²) >= 11 is 0. The van der Waals surface area contributed by atoms with Crippen LogP contribution in [0, 0.1) is 17.8 Å². The first-order valence-electron chi connectivity index (χ1n) is 32.8. The Balaban J connectivity index is 0.00000115. The maximum absolute atomic E-state index is 12.7. The van der Waals surface area contributed by atoms with E-state index in [1.54, 1.807) is 0 Å². The Hall–Kier alpha value is -1.26. The zero-order chi connectivity index (χ0) is 57.8. The topological polar surface area (TPSA) is 120 Å². The summed E-state index contributed by atoms with van der Waals surface area (Å²) in [6, 6.07) is 23.1. The van der Waals surface area contributed by atoms with Gasteiger partial charge in [0.1, 0.15) is 0 Å². The predicted octanol–water partition coefficient (Wildman–Crippen LogP) is 19.4. The van der Waals surface area contributed by atoms with Crippen LogP contribution in [0.15, 0.2) is 72.8 Å². The normalized spacial score (nSPS) is 14.7. The molecule has 0 aliphatic rings. The molecule has 0 aliphatic carbocycles. The van der Waals surface area contributed by atoms with Crippen LogP contribution in [0.3, 0.4) is 0 Å². The minimum Gasteiger partial charge on any atom is -0.796 e. The number of unbranched alkanes of at least 4 members (excludes halogenated alkanes) is 21. The first kappa shape index (κ1) is 77.7. The van der Waals surface area contributed by atoms with Crippen LogP contribution < -0.4 is 30.6 Å². The second-order valence-corrected chi connectivity index (χ2v) is 30.1. The zero-order valence-corrected chi connectivity index (χ0v) is 56.1. The monoisotopic (exact) mass is 1200 g/mol. The standard InChI is InChI=1S/3C23H41O2P.Co/c3*1-4-7-9-10-11-12-13-15-22-16-18-23(19-17-22)26(24,25)20-21(6-3)14-8-5-2;/h3*16-19,21H,4-15,20H2,1-3H3,(H,24,25);/q;;;+3/p-3. The third kappa shape index (κ3) is 37.6. The molecule has 0 amide bonds. The van der Waals surface area contributed by atoms with E-state index in [1.165, 1.54) is 152 Å². The molecule has 0 radical (unpaired) electrons. The van der Waals surface area contributed by atoms with Crippen molar-refractivity contribution in [1.82, 2.24) is 0 Å². The van der Waals surface area contributed by atoms with E-state index in [2.05, 4.69) is 62.3 Å². The van der Waals surface area contributed by atoms with E-state index in [4.69, 9.17) is 0 Å². The third-order valence-corrected chi connectivity index (χ3v) is 22.6. The van der Waals surface area contributed by atoms with Crippen LogP contribution in [-0.4, -0.2) is 18.5 Å². The average Bonchev–Trinajstić information content (AvgIpc) is 3.45. The molecule has 6 nitrogen and oxygen atoms in total. The molecule has 0 fully saturated rings. The SMILES string of the molecule is CCCCCCCCCc1ccc(P(=O)([O-])CC(CC)CCCC)cc1.CCCCCCCCCc1ccc(P(=O)([O-])CC(CC)CCCC)cc1.CCCCCCCCCc1ccc(P(=O)([O-])CC(CC)CCCC)cc1.[Co+3]. The fraction of sp³-hybridized carbons (Fsp3) is 0.739. The Labute approximate surface area is 499 Å². The summed E-state index contributed by atoms with van der Waals surface area (Å²) in [7, 11) is -10.4. The van der Waals surface area contributed by atoms with Crippen molar-refractivity contribution in [2.75, 3.05) is 18.5 Å². The predicted molar refractivity (Wildman–Crippen MR) is 341 cm³/mol. The zero-order valence-electron chi connectivity index (χ0n) is 52.4. The van der Waals surface area contributed by atoms with Crippen molar-refractivity contribution >= 4 is 38.0 Å². The minimum absolute atomic E-state index is 0. The molecule has 0 heterocycles. The molecule has 10 heteroatoms. The van der Waals surface area contributed by atoms with Crippen LogP contribution in [-0.2, 0) is 49.7 Å². The molecule has 0 bridgehead atoms. The molecule has 0 saturated heterocycles. The second kappa shape index (κ2) is 49.0. The average molecular weight is 1200 g/mol. The summed E-state index contributed by atoms with van der Waals surface area (Å²) < 4.78 is 38.1. The first-order chi connectivity index (χ1) is 37.6. The number of aryl methyl sites for hydroxylation is 3. The molecule has 0 spiro atoms. The van der Waals surface area contributed by atoms with Gasteiger partial charge in [0, 0.05) is 22.1 Å². The molecule has 6 atom stereocenters. The Bertz CT molecular complexity index is 1760. The molecule has 79 heavy (non-hydrogen) atoms. The van der Waals surface area contributed by atoms with Crippen LogP contribution in [0.4, 0.5) is 0 Å². The summed E-state index contributed by atoms with van der Waals surface area (Å²) in [5.41, 5.74) is 3.79. The molecular formula is C69H120CoO6P3. The van der Waals surface area contributed by atoms with Gasteiger partial charge in [0.25, 0.3) is 0 Å². The van der Waals surface area contributed by atoms with Crippen molar-refractivity contribution in [1.29, 1.82) is 0 Å². The molecule has 3 rings (SSSR count). The van der Waals surface area contributed by atoms with Crippen LogP contribution >= 0.6 is 22.1 Å². The van der Waals surface area contributed by atoms with Gasteiger partial charge in [0.15, 0.2) is 0 Å². The number of benzene rings is 3. The van der Waals surface area contributed by atoms with Crippen molar-refractivity contribution in [3.05, 3.63) is 89.5 Å². The Kier molecular flexibility index (Phi) is 48.3. The first-order valence-corrected chi connectivity index (χ1v) is 38.2. The summed E-state index contributed by atoms with van der Waals surface area (Å²) in [6.45, 7) is 19.5. The van der Waals surface area contributed by atoms with Crippen LogP contribution in [0.2, 0.25) is 0 Å². The summed E-state index contributed by atoms with van der Waals surface area (Å²) in [5.74, 6) is 0.891. The quantitative estimate of drug-likeness (QED) is 0.0411. The van der Waals surface area contributed by atoms with Crippen molar-refractivity contribution < 1.29 is 45.2 Å². The van der Waals surface area contributed by atoms with Gasteiger partial charge in [-0.3, -0.25) is 0 Å². The van der Waals surface area contributed by atoms with Crippen molar-refractivity contribution in [3.8, 4) is 0 Å². The molecule has 3 aromatic rings. The van der Waals surface area contributed by atoms with E-state index in [1.807, 2.05) is 72.8 Å². The van der Waals surface area contributed by atoms with Gasteiger partial charge in [-0.05, 0) is 107 Å². The maximum atomic E-state index is 12.7. The molecular weight excluding hydrogens is 1080 g/mol. The van der Waals surface area contributed by atoms with Gasteiger partial charge in [-0.15, -0.1) is 0 Å². The molecule has 3 aromatic carbocycles. The Morgan fingerprint density at radius 1 is 0.291 bits per heavy atom. The van der Waals surface area contributed by atoms with Crippen LogP contribution in [0.25, 0.3) is 0 Å².